The van der Waals surface area contributed by atoms with Crippen LogP contribution in [-0.4, -0.2) is 91.6 Å². The molecule has 63 heavy (non-hydrogen) atoms. The van der Waals surface area contributed by atoms with Crippen LogP contribution in [0.5, 0.6) is 5.75 Å². The molecule has 1 aliphatic rings. The maximum Gasteiger partial charge on any atom is 0.322 e. The van der Waals surface area contributed by atoms with Gasteiger partial charge < -0.3 is 42.0 Å². The van der Waals surface area contributed by atoms with Crippen LogP contribution in [0.1, 0.15) is 102 Å². The van der Waals surface area contributed by atoms with Crippen molar-refractivity contribution < 1.29 is 47.0 Å². The van der Waals surface area contributed by atoms with Gasteiger partial charge >= 0.3 is 11.9 Å². The normalized spacial score (nSPS) is 15.9. The van der Waals surface area contributed by atoms with Gasteiger partial charge in [0.15, 0.2) is 0 Å². The molecule has 0 aromatic heterocycles. The van der Waals surface area contributed by atoms with E-state index >= 15 is 0 Å². The molecular formula is C45H67N7O10S. The van der Waals surface area contributed by atoms with E-state index in [4.69, 9.17) is 20.9 Å². The summed E-state index contributed by atoms with van der Waals surface area (Å²) >= 11 is 0. The maximum absolute atomic E-state index is 14.1. The largest absolute Gasteiger partial charge is 0.487 e. The first-order valence-corrected chi connectivity index (χ1v) is 22.5. The van der Waals surface area contributed by atoms with E-state index in [2.05, 4.69) is 25.7 Å². The van der Waals surface area contributed by atoms with Gasteiger partial charge in [0.05, 0.1) is 29.3 Å². The molecule has 348 valence electrons. The summed E-state index contributed by atoms with van der Waals surface area (Å²) in [5, 5.41) is 17.2. The molecule has 0 unspecified atom stereocenters. The molecular weight excluding hydrogens is 831 g/mol. The Kier molecular flexibility index (Phi) is 17.9. The van der Waals surface area contributed by atoms with Crippen LogP contribution in [0.2, 0.25) is 0 Å². The van der Waals surface area contributed by atoms with Crippen molar-refractivity contribution in [2.45, 2.75) is 142 Å². The number of hydrogen-bond donors (Lipinski definition) is 7. The Bertz CT molecular complexity index is 2180. The number of benzene rings is 2. The lowest BCUT2D eigenvalue weighted by molar-refractivity contribution is -0.156. The zero-order valence-electron chi connectivity index (χ0n) is 38.4. The predicted octanol–water partition coefficient (Wildman–Crippen LogP) is 3.39. The zero-order chi connectivity index (χ0) is 47.6. The quantitative estimate of drug-likeness (QED) is 0.0332. The van der Waals surface area contributed by atoms with Gasteiger partial charge in [0, 0.05) is 18.5 Å². The standard InChI is InChI=1S/C45H67N7O10S/c1-25(2)37(26(3)20-31(21-30-16-13-12-14-17-30)50-40(56)33(46)22-36(55)61-44(7,8)9)42(58)51-34(41(57)49-24-35(53)54)18-15-19-48-43(47)52-63(59,60)39-28(5)27(4)38-32(29(39)6)23-45(10,11)62-38/h12-14,16-17,20,25,31,33-34,37H,15,18-19,21-24,46H2,1-11H3,(H,49,57)(H,50,56)(H,51,58)(H,53,54)(H3,47,48,52)/b26-20-/t31-,33-,34-,37-/m0/s1. The van der Waals surface area contributed by atoms with E-state index in [1.165, 1.54) is 0 Å². The SMILES string of the molecule is C/C(=C/[C@@H](Cc1ccccc1)NC(=O)[C@@H](N)CC(=O)OC(C)(C)C)[C@@H](C(=O)N[C@@H](CCCN=C(N)NS(=O)(=O)c1c(C)c(C)c2c(c1C)CC(C)(C)O2)C(=O)NCC(=O)O)C(C)C. The van der Waals surface area contributed by atoms with Gasteiger partial charge in [-0.05, 0) is 110 Å². The summed E-state index contributed by atoms with van der Waals surface area (Å²) < 4.78 is 41.1. The summed E-state index contributed by atoms with van der Waals surface area (Å²) in [5.74, 6) is -4.56. The number of amides is 3. The number of carbonyl (C=O) groups is 5. The van der Waals surface area contributed by atoms with Crippen LogP contribution in [0.15, 0.2) is 51.9 Å². The second-order valence-corrected chi connectivity index (χ2v) is 19.7. The van der Waals surface area contributed by atoms with Crippen molar-refractivity contribution in [3.05, 3.63) is 69.8 Å². The Morgan fingerprint density at radius 2 is 1.62 bits per heavy atom. The number of carboxylic acid groups (broad SMARTS) is 1. The summed E-state index contributed by atoms with van der Waals surface area (Å²) in [5.41, 5.74) is 15.0. The van der Waals surface area contributed by atoms with Crippen LogP contribution in [0, 0.1) is 32.6 Å². The number of aliphatic imine (C=N–C) groups is 1. The summed E-state index contributed by atoms with van der Waals surface area (Å²) in [4.78, 5) is 68.7. The number of esters is 1. The van der Waals surface area contributed by atoms with Crippen LogP contribution < -0.4 is 36.9 Å². The third-order valence-corrected chi connectivity index (χ3v) is 12.1. The predicted molar refractivity (Wildman–Crippen MR) is 240 cm³/mol. The number of aliphatic carboxylic acids is 1. The highest BCUT2D eigenvalue weighted by Crippen LogP contribution is 2.43. The van der Waals surface area contributed by atoms with Gasteiger partial charge in [-0.25, -0.2) is 13.1 Å². The first-order valence-electron chi connectivity index (χ1n) is 21.1. The van der Waals surface area contributed by atoms with Crippen molar-refractivity contribution in [1.29, 1.82) is 0 Å². The number of guanidine groups is 1. The number of sulfonamides is 1. The molecule has 9 N–H and O–H groups in total. The molecule has 0 saturated carbocycles. The summed E-state index contributed by atoms with van der Waals surface area (Å²) in [6.07, 6.45) is 2.40. The highest BCUT2D eigenvalue weighted by Gasteiger charge is 2.37. The fraction of sp³-hybridized carbons (Fsp3) is 0.556. The summed E-state index contributed by atoms with van der Waals surface area (Å²) in [6.45, 7) is 18.9. The minimum atomic E-state index is -4.17. The van der Waals surface area contributed by atoms with E-state index in [9.17, 15) is 37.5 Å². The van der Waals surface area contributed by atoms with Gasteiger partial charge in [-0.3, -0.25) is 29.0 Å². The minimum absolute atomic E-state index is 0.00541. The number of rotatable bonds is 20. The maximum atomic E-state index is 14.1. The van der Waals surface area contributed by atoms with Crippen LogP contribution >= 0.6 is 0 Å². The van der Waals surface area contributed by atoms with Gasteiger partial charge in [0.2, 0.25) is 23.7 Å². The number of nitrogens with zero attached hydrogens (tertiary/aromatic N) is 1. The van der Waals surface area contributed by atoms with Crippen molar-refractivity contribution in [2.75, 3.05) is 13.1 Å². The van der Waals surface area contributed by atoms with E-state index in [0.717, 1.165) is 11.1 Å². The van der Waals surface area contributed by atoms with Crippen molar-refractivity contribution in [3.8, 4) is 5.75 Å². The van der Waals surface area contributed by atoms with Gasteiger partial charge in [-0.15, -0.1) is 0 Å². The van der Waals surface area contributed by atoms with E-state index in [0.29, 0.717) is 40.9 Å². The Morgan fingerprint density at radius 1 is 0.984 bits per heavy atom. The topological polar surface area (TPSA) is 271 Å². The number of ether oxygens (including phenoxy) is 2. The van der Waals surface area contributed by atoms with E-state index in [1.54, 1.807) is 47.6 Å². The molecule has 1 aliphatic heterocycles. The fourth-order valence-corrected chi connectivity index (χ4v) is 9.13. The molecule has 2 aromatic rings. The van der Waals surface area contributed by atoms with Crippen molar-refractivity contribution in [3.63, 3.8) is 0 Å². The lowest BCUT2D eigenvalue weighted by atomic mass is 9.86. The number of carboxylic acids is 1. The van der Waals surface area contributed by atoms with Crippen LogP contribution in [0.3, 0.4) is 0 Å². The molecule has 0 bridgehead atoms. The molecule has 0 spiro atoms. The van der Waals surface area contributed by atoms with Crippen LogP contribution in [0.25, 0.3) is 0 Å². The second-order valence-electron chi connectivity index (χ2n) is 18.1. The van der Waals surface area contributed by atoms with Crippen molar-refractivity contribution >= 4 is 45.6 Å². The molecule has 0 radical (unpaired) electrons. The van der Waals surface area contributed by atoms with Gasteiger partial charge in [-0.1, -0.05) is 55.8 Å². The minimum Gasteiger partial charge on any atom is -0.487 e. The third-order valence-electron chi connectivity index (χ3n) is 10.5. The molecule has 3 rings (SSSR count). The van der Waals surface area contributed by atoms with E-state index < -0.39 is 81.5 Å². The molecule has 0 fully saturated rings. The first-order chi connectivity index (χ1) is 29.1. The van der Waals surface area contributed by atoms with Crippen LogP contribution in [0.4, 0.5) is 0 Å². The number of carbonyl (C=O) groups excluding carboxylic acids is 4. The number of hydrogen-bond acceptors (Lipinski definition) is 11. The molecule has 4 atom stereocenters. The molecule has 1 heterocycles. The number of fused-ring (bicyclic) bond motifs is 1. The fourth-order valence-electron chi connectivity index (χ4n) is 7.60. The molecule has 0 saturated heterocycles. The number of nitrogens with one attached hydrogen (secondary N) is 4. The molecule has 3 amide bonds. The molecule has 2 aromatic carbocycles. The van der Waals surface area contributed by atoms with Gasteiger partial charge in [-0.2, -0.15) is 0 Å². The molecule has 18 heteroatoms. The first kappa shape index (κ1) is 51.9. The summed E-state index contributed by atoms with van der Waals surface area (Å²) in [6, 6.07) is 6.27. The second kappa shape index (κ2) is 21.7. The highest BCUT2D eigenvalue weighted by molar-refractivity contribution is 7.90. The van der Waals surface area contributed by atoms with Crippen LogP contribution in [-0.2, 0) is 51.6 Å². The Balaban J connectivity index is 1.80. The van der Waals surface area contributed by atoms with Gasteiger partial charge in [0.1, 0.15) is 29.5 Å². The smallest absolute Gasteiger partial charge is 0.322 e. The van der Waals surface area contributed by atoms with E-state index in [1.807, 2.05) is 65.0 Å². The van der Waals surface area contributed by atoms with Crippen molar-refractivity contribution in [2.24, 2.45) is 28.3 Å². The lowest BCUT2D eigenvalue weighted by Crippen LogP contribution is -2.50. The average molecular weight is 898 g/mol. The summed E-state index contributed by atoms with van der Waals surface area (Å²) in [7, 11) is -4.17. The monoisotopic (exact) mass is 897 g/mol. The van der Waals surface area contributed by atoms with Gasteiger partial charge in [0.25, 0.3) is 10.0 Å². The molecule has 0 aliphatic carbocycles. The molecule has 17 nitrogen and oxygen atoms in total. The average Bonchev–Trinajstić information content (AvgIpc) is 3.48. The Morgan fingerprint density at radius 3 is 2.21 bits per heavy atom. The Hall–Kier alpha value is -5.49. The lowest BCUT2D eigenvalue weighted by Gasteiger charge is -2.27. The number of nitrogens with two attached hydrogens (primary N) is 2. The zero-order valence-corrected chi connectivity index (χ0v) is 39.2. The van der Waals surface area contributed by atoms with E-state index in [-0.39, 0.29) is 42.6 Å². The van der Waals surface area contributed by atoms with Crippen molar-refractivity contribution in [1.82, 2.24) is 20.7 Å². The Labute approximate surface area is 371 Å². The highest BCUT2D eigenvalue weighted by atomic mass is 32.2. The third kappa shape index (κ3) is 15.4.